The third-order valence-electron chi connectivity index (χ3n) is 6.49. The molecule has 182 valence electrons. The molecule has 2 aliphatic heterocycles. The topological polar surface area (TPSA) is 79.0 Å². The second kappa shape index (κ2) is 9.26. The van der Waals surface area contributed by atoms with E-state index in [1.807, 2.05) is 44.2 Å². The van der Waals surface area contributed by atoms with E-state index in [2.05, 4.69) is 10.2 Å². The number of ether oxygens (including phenoxy) is 1. The zero-order chi connectivity index (χ0) is 24.6. The Bertz CT molecular complexity index is 1330. The number of aryl methyl sites for hydroxylation is 2. The third-order valence-corrected chi connectivity index (χ3v) is 8.29. The highest BCUT2D eigenvalue weighted by molar-refractivity contribution is 7.92. The van der Waals surface area contributed by atoms with Gasteiger partial charge in [-0.3, -0.25) is 9.10 Å². The van der Waals surface area contributed by atoms with E-state index < -0.39 is 22.0 Å². The summed E-state index contributed by atoms with van der Waals surface area (Å²) in [5, 5.41) is 2.89. The molecule has 2 heterocycles. The summed E-state index contributed by atoms with van der Waals surface area (Å²) in [5.74, 6) is -0.0216. The Morgan fingerprint density at radius 1 is 0.914 bits per heavy atom. The third kappa shape index (κ3) is 4.71. The summed E-state index contributed by atoms with van der Waals surface area (Å²) in [4.78, 5) is 15.7. The fourth-order valence-electron chi connectivity index (χ4n) is 4.52. The molecule has 1 amide bonds. The molecule has 1 saturated heterocycles. The van der Waals surface area contributed by atoms with E-state index in [-0.39, 0.29) is 11.4 Å². The highest BCUT2D eigenvalue weighted by Gasteiger charge is 2.37. The van der Waals surface area contributed by atoms with Crippen molar-refractivity contribution in [1.29, 1.82) is 0 Å². The zero-order valence-electron chi connectivity index (χ0n) is 19.9. The number of sulfonamides is 1. The second-order valence-corrected chi connectivity index (χ2v) is 11.0. The number of carbonyl (C=O) groups excluding carboxylic acids is 1. The number of carbonyl (C=O) groups is 1. The van der Waals surface area contributed by atoms with Crippen LogP contribution < -0.4 is 19.3 Å². The maximum Gasteiger partial charge on any atom is 0.267 e. The molecule has 3 aromatic carbocycles. The van der Waals surface area contributed by atoms with Crippen molar-refractivity contribution in [2.24, 2.45) is 0 Å². The van der Waals surface area contributed by atoms with Crippen LogP contribution in [0.5, 0.6) is 5.75 Å². The van der Waals surface area contributed by atoms with Crippen LogP contribution in [0.4, 0.5) is 17.1 Å². The average molecular weight is 492 g/mol. The summed E-state index contributed by atoms with van der Waals surface area (Å²) >= 11 is 0. The molecule has 1 N–H and O–H groups in total. The van der Waals surface area contributed by atoms with E-state index in [1.54, 1.807) is 36.4 Å². The standard InChI is InChI=1S/C27H29N3O4S/c1-19-5-12-23(13-6-19)35(32,33)30-18-26(34-25-17-20(2)7-14-24(25)30)27(31)28-21-8-10-22(11-9-21)29-15-3-4-16-29/h5-14,17,26H,3-4,15-16,18H2,1-2H3,(H,28,31)/t26-/m1/s1. The largest absolute Gasteiger partial charge is 0.476 e. The van der Waals surface area contributed by atoms with Crippen molar-refractivity contribution in [1.82, 2.24) is 0 Å². The molecule has 3 aromatic rings. The smallest absolute Gasteiger partial charge is 0.267 e. The van der Waals surface area contributed by atoms with Crippen molar-refractivity contribution < 1.29 is 17.9 Å². The first-order chi connectivity index (χ1) is 16.8. The number of nitrogens with zero attached hydrogens (tertiary/aromatic N) is 2. The summed E-state index contributed by atoms with van der Waals surface area (Å²) in [6.45, 7) is 5.77. The van der Waals surface area contributed by atoms with Gasteiger partial charge in [0.1, 0.15) is 5.75 Å². The number of amides is 1. The Morgan fingerprint density at radius 2 is 1.57 bits per heavy atom. The van der Waals surface area contributed by atoms with Gasteiger partial charge < -0.3 is 15.0 Å². The normalized spacial score (nSPS) is 17.6. The van der Waals surface area contributed by atoms with Crippen LogP contribution in [0.25, 0.3) is 0 Å². The van der Waals surface area contributed by atoms with Gasteiger partial charge in [-0.2, -0.15) is 0 Å². The minimum absolute atomic E-state index is 0.121. The molecule has 2 aliphatic rings. The van der Waals surface area contributed by atoms with Crippen LogP contribution in [0.1, 0.15) is 24.0 Å². The number of nitrogens with one attached hydrogen (secondary N) is 1. The van der Waals surface area contributed by atoms with Crippen molar-refractivity contribution in [3.05, 3.63) is 77.9 Å². The van der Waals surface area contributed by atoms with Gasteiger partial charge in [-0.25, -0.2) is 8.42 Å². The van der Waals surface area contributed by atoms with E-state index >= 15 is 0 Å². The van der Waals surface area contributed by atoms with Gasteiger partial charge in [0.2, 0.25) is 0 Å². The lowest BCUT2D eigenvalue weighted by Crippen LogP contribution is -2.48. The van der Waals surface area contributed by atoms with Crippen molar-refractivity contribution in [2.75, 3.05) is 34.2 Å². The van der Waals surface area contributed by atoms with Crippen molar-refractivity contribution in [3.8, 4) is 5.75 Å². The SMILES string of the molecule is Cc1ccc(S(=O)(=O)N2C[C@H](C(=O)Nc3ccc(N4CCCC4)cc3)Oc3cc(C)ccc32)cc1. The van der Waals surface area contributed by atoms with Gasteiger partial charge in [0.05, 0.1) is 17.1 Å². The Morgan fingerprint density at radius 3 is 2.26 bits per heavy atom. The molecule has 8 heteroatoms. The first-order valence-electron chi connectivity index (χ1n) is 11.8. The number of hydrogen-bond donors (Lipinski definition) is 1. The number of benzene rings is 3. The van der Waals surface area contributed by atoms with Gasteiger partial charge in [0.25, 0.3) is 15.9 Å². The number of anilines is 3. The molecule has 0 aromatic heterocycles. The average Bonchev–Trinajstić information content (AvgIpc) is 3.39. The zero-order valence-corrected chi connectivity index (χ0v) is 20.7. The molecule has 0 radical (unpaired) electrons. The molecule has 0 saturated carbocycles. The van der Waals surface area contributed by atoms with E-state index in [0.29, 0.717) is 17.1 Å². The molecule has 35 heavy (non-hydrogen) atoms. The van der Waals surface area contributed by atoms with Crippen LogP contribution in [0.3, 0.4) is 0 Å². The number of fused-ring (bicyclic) bond motifs is 1. The summed E-state index contributed by atoms with van der Waals surface area (Å²) in [6, 6.07) is 19.8. The van der Waals surface area contributed by atoms with Gasteiger partial charge in [-0.1, -0.05) is 23.8 Å². The van der Waals surface area contributed by atoms with E-state index in [9.17, 15) is 13.2 Å². The predicted molar refractivity (Wildman–Crippen MR) is 138 cm³/mol. The van der Waals surface area contributed by atoms with E-state index in [0.717, 1.165) is 29.9 Å². The van der Waals surface area contributed by atoms with E-state index in [1.165, 1.54) is 17.1 Å². The van der Waals surface area contributed by atoms with Crippen LogP contribution in [-0.4, -0.2) is 40.1 Å². The molecule has 0 bridgehead atoms. The van der Waals surface area contributed by atoms with Crippen molar-refractivity contribution in [2.45, 2.75) is 37.7 Å². The molecular weight excluding hydrogens is 462 g/mol. The van der Waals surface area contributed by atoms with Crippen LogP contribution >= 0.6 is 0 Å². The second-order valence-electron chi connectivity index (χ2n) is 9.16. The maximum atomic E-state index is 13.6. The summed E-state index contributed by atoms with van der Waals surface area (Å²) in [5.41, 5.74) is 4.08. The van der Waals surface area contributed by atoms with E-state index in [4.69, 9.17) is 4.74 Å². The van der Waals surface area contributed by atoms with Gasteiger partial charge in [-0.05, 0) is 80.8 Å². The lowest BCUT2D eigenvalue weighted by Gasteiger charge is -2.35. The highest BCUT2D eigenvalue weighted by atomic mass is 32.2. The van der Waals surface area contributed by atoms with Crippen LogP contribution in [0.15, 0.2) is 71.6 Å². The summed E-state index contributed by atoms with van der Waals surface area (Å²) < 4.78 is 34.4. The fraction of sp³-hybridized carbons (Fsp3) is 0.296. The quantitative estimate of drug-likeness (QED) is 0.569. The Hall–Kier alpha value is -3.52. The fourth-order valence-corrected chi connectivity index (χ4v) is 5.99. The highest BCUT2D eigenvalue weighted by Crippen LogP contribution is 2.38. The lowest BCUT2D eigenvalue weighted by atomic mass is 10.1. The maximum absolute atomic E-state index is 13.6. The monoisotopic (exact) mass is 491 g/mol. The minimum atomic E-state index is -3.89. The van der Waals surface area contributed by atoms with Gasteiger partial charge in [0.15, 0.2) is 6.10 Å². The van der Waals surface area contributed by atoms with Gasteiger partial charge in [-0.15, -0.1) is 0 Å². The van der Waals surface area contributed by atoms with Gasteiger partial charge in [0, 0.05) is 24.5 Å². The Balaban J connectivity index is 1.40. The van der Waals surface area contributed by atoms with Crippen LogP contribution in [0.2, 0.25) is 0 Å². The Labute approximate surface area is 206 Å². The summed E-state index contributed by atoms with van der Waals surface area (Å²) in [6.07, 6.45) is 1.39. The molecule has 5 rings (SSSR count). The molecule has 7 nitrogen and oxygen atoms in total. The lowest BCUT2D eigenvalue weighted by molar-refractivity contribution is -0.122. The molecule has 0 aliphatic carbocycles. The molecular formula is C27H29N3O4S. The minimum Gasteiger partial charge on any atom is -0.476 e. The van der Waals surface area contributed by atoms with Crippen LogP contribution in [-0.2, 0) is 14.8 Å². The first-order valence-corrected chi connectivity index (χ1v) is 13.3. The van der Waals surface area contributed by atoms with Crippen LogP contribution in [0, 0.1) is 13.8 Å². The van der Waals surface area contributed by atoms with Gasteiger partial charge >= 0.3 is 0 Å². The molecule has 1 fully saturated rings. The number of rotatable bonds is 5. The molecule has 0 spiro atoms. The van der Waals surface area contributed by atoms with Crippen molar-refractivity contribution in [3.63, 3.8) is 0 Å². The number of hydrogen-bond acceptors (Lipinski definition) is 5. The predicted octanol–water partition coefficient (Wildman–Crippen LogP) is 4.50. The van der Waals surface area contributed by atoms with Crippen molar-refractivity contribution >= 4 is 33.0 Å². The first kappa shape index (κ1) is 23.2. The molecule has 1 atom stereocenters. The Kier molecular flexibility index (Phi) is 6.15. The summed E-state index contributed by atoms with van der Waals surface area (Å²) in [7, 11) is -3.89. The molecule has 0 unspecified atom stereocenters.